The van der Waals surface area contributed by atoms with Crippen LogP contribution in [0.4, 0.5) is 0 Å². The van der Waals surface area contributed by atoms with Gasteiger partial charge < -0.3 is 14.6 Å². The number of rotatable bonds is 10. The van der Waals surface area contributed by atoms with Crippen molar-refractivity contribution in [2.75, 3.05) is 19.7 Å². The molecule has 0 aliphatic heterocycles. The molecular formula is C18H22N2O6. The standard InChI is InChI=1S/C18H22N2O6/c1-3-4-7-25-18(24)12-20(11-17(22)23)10-15-6-5-14(9-19)8-16(15)26-13(2)21/h5-6,8H,3-4,7,10-12H2,1-2H3,(H,22,23). The van der Waals surface area contributed by atoms with Crippen molar-refractivity contribution in [3.05, 3.63) is 29.3 Å². The van der Waals surface area contributed by atoms with Crippen LogP contribution in [0.15, 0.2) is 18.2 Å². The Bertz CT molecular complexity index is 695. The Morgan fingerprint density at radius 1 is 1.27 bits per heavy atom. The van der Waals surface area contributed by atoms with E-state index in [9.17, 15) is 14.4 Å². The number of hydrogen-bond acceptors (Lipinski definition) is 7. The maximum Gasteiger partial charge on any atom is 0.320 e. The van der Waals surface area contributed by atoms with E-state index in [0.717, 1.165) is 12.8 Å². The maximum absolute atomic E-state index is 11.9. The topological polar surface area (TPSA) is 117 Å². The lowest BCUT2D eigenvalue weighted by Crippen LogP contribution is -2.35. The van der Waals surface area contributed by atoms with Gasteiger partial charge in [-0.05, 0) is 18.6 Å². The molecule has 0 saturated carbocycles. The molecule has 0 aliphatic carbocycles. The molecule has 0 saturated heterocycles. The Morgan fingerprint density at radius 3 is 2.58 bits per heavy atom. The van der Waals surface area contributed by atoms with Gasteiger partial charge in [0.05, 0.1) is 31.3 Å². The molecule has 0 aromatic heterocycles. The zero-order chi connectivity index (χ0) is 19.5. The average Bonchev–Trinajstić information content (AvgIpc) is 2.55. The summed E-state index contributed by atoms with van der Waals surface area (Å²) in [7, 11) is 0. The van der Waals surface area contributed by atoms with E-state index in [0.29, 0.717) is 11.1 Å². The van der Waals surface area contributed by atoms with Crippen molar-refractivity contribution in [2.45, 2.75) is 33.2 Å². The molecule has 1 aromatic carbocycles. The van der Waals surface area contributed by atoms with Crippen LogP contribution < -0.4 is 4.74 Å². The van der Waals surface area contributed by atoms with Crippen molar-refractivity contribution in [2.24, 2.45) is 0 Å². The van der Waals surface area contributed by atoms with Gasteiger partial charge in [-0.2, -0.15) is 5.26 Å². The molecule has 0 unspecified atom stereocenters. The van der Waals surface area contributed by atoms with Gasteiger partial charge in [0.15, 0.2) is 0 Å². The summed E-state index contributed by atoms with van der Waals surface area (Å²) >= 11 is 0. The second-order valence-electron chi connectivity index (χ2n) is 5.64. The lowest BCUT2D eigenvalue weighted by atomic mass is 10.1. The number of carboxylic acids is 1. The van der Waals surface area contributed by atoms with Crippen LogP contribution in [0, 0.1) is 11.3 Å². The predicted octanol–water partition coefficient (Wildman–Crippen LogP) is 1.71. The highest BCUT2D eigenvalue weighted by Gasteiger charge is 2.18. The Hall–Kier alpha value is -2.92. The van der Waals surface area contributed by atoms with E-state index < -0.39 is 17.9 Å². The van der Waals surface area contributed by atoms with Crippen molar-refractivity contribution < 1.29 is 29.0 Å². The number of carboxylic acid groups (broad SMARTS) is 1. The first-order valence-corrected chi connectivity index (χ1v) is 8.17. The number of carbonyl (C=O) groups is 3. The zero-order valence-electron chi connectivity index (χ0n) is 14.9. The van der Waals surface area contributed by atoms with E-state index in [1.807, 2.05) is 13.0 Å². The lowest BCUT2D eigenvalue weighted by molar-refractivity contribution is -0.147. The second-order valence-corrected chi connectivity index (χ2v) is 5.64. The highest BCUT2D eigenvalue weighted by molar-refractivity contribution is 5.74. The van der Waals surface area contributed by atoms with Gasteiger partial charge in [-0.3, -0.25) is 19.3 Å². The molecule has 1 rings (SSSR count). The third-order valence-electron chi connectivity index (χ3n) is 3.32. The smallest absolute Gasteiger partial charge is 0.320 e. The Morgan fingerprint density at radius 2 is 2.00 bits per heavy atom. The number of esters is 2. The third kappa shape index (κ3) is 7.77. The zero-order valence-corrected chi connectivity index (χ0v) is 14.9. The summed E-state index contributed by atoms with van der Waals surface area (Å²) in [4.78, 5) is 35.6. The van der Waals surface area contributed by atoms with E-state index in [1.165, 1.54) is 24.0 Å². The van der Waals surface area contributed by atoms with Crippen LogP contribution in [0.2, 0.25) is 0 Å². The molecule has 0 atom stereocenters. The number of unbranched alkanes of at least 4 members (excludes halogenated alkanes) is 1. The summed E-state index contributed by atoms with van der Waals surface area (Å²) in [5, 5.41) is 18.0. The van der Waals surface area contributed by atoms with E-state index in [2.05, 4.69) is 0 Å². The van der Waals surface area contributed by atoms with Crippen molar-refractivity contribution >= 4 is 17.9 Å². The molecule has 140 valence electrons. The first kappa shape index (κ1) is 21.1. The van der Waals surface area contributed by atoms with Crippen LogP contribution in [0.25, 0.3) is 0 Å². The summed E-state index contributed by atoms with van der Waals surface area (Å²) in [5.41, 5.74) is 0.788. The first-order chi connectivity index (χ1) is 12.3. The molecule has 0 spiro atoms. The van der Waals surface area contributed by atoms with Gasteiger partial charge in [-0.1, -0.05) is 19.4 Å². The van der Waals surface area contributed by atoms with E-state index >= 15 is 0 Å². The summed E-state index contributed by atoms with van der Waals surface area (Å²) in [6.07, 6.45) is 1.61. The number of ether oxygens (including phenoxy) is 2. The molecule has 0 radical (unpaired) electrons. The van der Waals surface area contributed by atoms with Crippen LogP contribution in [0.1, 0.15) is 37.8 Å². The van der Waals surface area contributed by atoms with Crippen LogP contribution in [0.5, 0.6) is 5.75 Å². The van der Waals surface area contributed by atoms with Gasteiger partial charge in [0.25, 0.3) is 0 Å². The Labute approximate surface area is 151 Å². The SMILES string of the molecule is CCCCOC(=O)CN(CC(=O)O)Cc1ccc(C#N)cc1OC(C)=O. The third-order valence-corrected chi connectivity index (χ3v) is 3.32. The molecular weight excluding hydrogens is 340 g/mol. The highest BCUT2D eigenvalue weighted by Crippen LogP contribution is 2.22. The minimum atomic E-state index is -1.10. The van der Waals surface area contributed by atoms with E-state index in [-0.39, 0.29) is 32.0 Å². The summed E-state index contributed by atoms with van der Waals surface area (Å²) in [6.45, 7) is 2.92. The van der Waals surface area contributed by atoms with E-state index in [4.69, 9.17) is 19.8 Å². The molecule has 8 nitrogen and oxygen atoms in total. The van der Waals surface area contributed by atoms with Gasteiger partial charge in [0.2, 0.25) is 0 Å². The summed E-state index contributed by atoms with van der Waals surface area (Å²) in [5.74, 6) is -2.03. The Kier molecular flexibility index (Phi) is 8.81. The monoisotopic (exact) mass is 362 g/mol. The Balaban J connectivity index is 2.92. The minimum Gasteiger partial charge on any atom is -0.480 e. The molecule has 0 bridgehead atoms. The van der Waals surface area contributed by atoms with Crippen LogP contribution in [-0.2, 0) is 25.7 Å². The number of carbonyl (C=O) groups excluding carboxylic acids is 2. The number of nitriles is 1. The normalized spacial score (nSPS) is 10.2. The number of benzene rings is 1. The predicted molar refractivity (Wildman–Crippen MR) is 91.2 cm³/mol. The molecule has 0 fully saturated rings. The summed E-state index contributed by atoms with van der Waals surface area (Å²) in [6, 6.07) is 6.43. The molecule has 26 heavy (non-hydrogen) atoms. The second kappa shape index (κ2) is 10.8. The van der Waals surface area contributed by atoms with Crippen LogP contribution >= 0.6 is 0 Å². The molecule has 1 N–H and O–H groups in total. The molecule has 0 aliphatic rings. The fraction of sp³-hybridized carbons (Fsp3) is 0.444. The fourth-order valence-electron chi connectivity index (χ4n) is 2.16. The van der Waals surface area contributed by atoms with Gasteiger partial charge >= 0.3 is 17.9 Å². The van der Waals surface area contributed by atoms with Crippen molar-refractivity contribution in [3.63, 3.8) is 0 Å². The molecule has 0 heterocycles. The van der Waals surface area contributed by atoms with Crippen molar-refractivity contribution in [1.29, 1.82) is 5.26 Å². The maximum atomic E-state index is 11.9. The average molecular weight is 362 g/mol. The number of hydrogen-bond donors (Lipinski definition) is 1. The van der Waals surface area contributed by atoms with E-state index in [1.54, 1.807) is 6.07 Å². The lowest BCUT2D eigenvalue weighted by Gasteiger charge is -2.20. The van der Waals surface area contributed by atoms with Crippen molar-refractivity contribution in [3.8, 4) is 11.8 Å². The quantitative estimate of drug-likeness (QED) is 0.380. The minimum absolute atomic E-state index is 0.0451. The van der Waals surface area contributed by atoms with Crippen LogP contribution in [-0.4, -0.2) is 47.6 Å². The molecule has 1 aromatic rings. The fourth-order valence-corrected chi connectivity index (χ4v) is 2.16. The largest absolute Gasteiger partial charge is 0.480 e. The number of nitrogens with zero attached hydrogens (tertiary/aromatic N) is 2. The number of aliphatic carboxylic acids is 1. The first-order valence-electron chi connectivity index (χ1n) is 8.17. The highest BCUT2D eigenvalue weighted by atomic mass is 16.5. The molecule has 0 amide bonds. The summed E-state index contributed by atoms with van der Waals surface area (Å²) < 4.78 is 10.2. The van der Waals surface area contributed by atoms with Gasteiger partial charge in [0, 0.05) is 19.0 Å². The van der Waals surface area contributed by atoms with Gasteiger partial charge in [-0.25, -0.2) is 0 Å². The molecule has 8 heteroatoms. The van der Waals surface area contributed by atoms with Gasteiger partial charge in [-0.15, -0.1) is 0 Å². The van der Waals surface area contributed by atoms with Crippen LogP contribution in [0.3, 0.4) is 0 Å². The van der Waals surface area contributed by atoms with Gasteiger partial charge in [0.1, 0.15) is 5.75 Å². The van der Waals surface area contributed by atoms with Crippen molar-refractivity contribution in [1.82, 2.24) is 4.90 Å².